The molecule has 0 saturated carbocycles. The maximum atomic E-state index is 11.1. The van der Waals surface area contributed by atoms with Crippen molar-refractivity contribution < 1.29 is 4.79 Å². The Labute approximate surface area is 76.3 Å². The lowest BCUT2D eigenvalue weighted by atomic mass is 10.1. The van der Waals surface area contributed by atoms with Crippen LogP contribution in [0, 0.1) is 0 Å². The fraction of sp³-hybridized carbons (Fsp3) is 0.111. The first-order valence-electron chi connectivity index (χ1n) is 3.85. The second kappa shape index (κ2) is 4.25. The van der Waals surface area contributed by atoms with Gasteiger partial charge in [-0.3, -0.25) is 4.79 Å². The van der Waals surface area contributed by atoms with Crippen LogP contribution >= 0.6 is 0 Å². The Morgan fingerprint density at radius 1 is 1.23 bits per heavy atom. The zero-order valence-electron chi connectivity index (χ0n) is 7.10. The summed E-state index contributed by atoms with van der Waals surface area (Å²) >= 11 is 0. The molecule has 1 aromatic rings. The molecule has 0 aliphatic rings. The Balaban J connectivity index is 2.61. The molecular weight excluding hydrogens is 166 g/mol. The standard InChI is InChI=1S/C9H11N3O/c10-9(11)12-8(13)6-7-4-2-1-3-5-7/h1-5H,6H2,(H4,10,11,12,13). The average molecular weight is 177 g/mol. The largest absolute Gasteiger partial charge is 0.370 e. The predicted octanol–water partition coefficient (Wildman–Crippen LogP) is 0.0291. The molecule has 0 fully saturated rings. The molecule has 13 heavy (non-hydrogen) atoms. The van der Waals surface area contributed by atoms with Crippen molar-refractivity contribution >= 4 is 11.9 Å². The lowest BCUT2D eigenvalue weighted by molar-refractivity contribution is -0.117. The highest BCUT2D eigenvalue weighted by atomic mass is 16.1. The van der Waals surface area contributed by atoms with Crippen molar-refractivity contribution in [3.8, 4) is 0 Å². The molecule has 4 heteroatoms. The molecule has 1 rings (SSSR count). The minimum Gasteiger partial charge on any atom is -0.370 e. The molecule has 0 bridgehead atoms. The molecule has 0 aliphatic heterocycles. The zero-order valence-corrected chi connectivity index (χ0v) is 7.10. The predicted molar refractivity (Wildman–Crippen MR) is 51.0 cm³/mol. The summed E-state index contributed by atoms with van der Waals surface area (Å²) in [5.74, 6) is -0.521. The van der Waals surface area contributed by atoms with Gasteiger partial charge in [0, 0.05) is 0 Å². The van der Waals surface area contributed by atoms with Crippen LogP contribution in [0.1, 0.15) is 5.56 Å². The van der Waals surface area contributed by atoms with E-state index in [2.05, 4.69) is 4.99 Å². The van der Waals surface area contributed by atoms with Gasteiger partial charge in [0.05, 0.1) is 6.42 Å². The lowest BCUT2D eigenvalue weighted by Gasteiger charge is -1.95. The van der Waals surface area contributed by atoms with Gasteiger partial charge in [-0.05, 0) is 5.56 Å². The third kappa shape index (κ3) is 3.37. The first kappa shape index (κ1) is 9.25. The number of benzene rings is 1. The molecule has 4 N–H and O–H groups in total. The number of nitrogens with two attached hydrogens (primary N) is 2. The highest BCUT2D eigenvalue weighted by Gasteiger charge is 2.00. The number of carbonyl (C=O) groups is 1. The molecule has 0 radical (unpaired) electrons. The number of carbonyl (C=O) groups excluding carboxylic acids is 1. The van der Waals surface area contributed by atoms with Crippen LogP contribution in [0.15, 0.2) is 35.3 Å². The molecule has 0 heterocycles. The Bertz CT molecular complexity index is 315. The van der Waals surface area contributed by atoms with Crippen molar-refractivity contribution in [2.45, 2.75) is 6.42 Å². The molecule has 4 nitrogen and oxygen atoms in total. The van der Waals surface area contributed by atoms with Crippen molar-refractivity contribution in [1.29, 1.82) is 0 Å². The second-order valence-corrected chi connectivity index (χ2v) is 2.59. The van der Waals surface area contributed by atoms with Crippen molar-refractivity contribution in [3.63, 3.8) is 0 Å². The molecule has 0 unspecified atom stereocenters. The van der Waals surface area contributed by atoms with Crippen molar-refractivity contribution in [2.75, 3.05) is 0 Å². The maximum absolute atomic E-state index is 11.1. The topological polar surface area (TPSA) is 81.5 Å². The van der Waals surface area contributed by atoms with E-state index in [0.29, 0.717) is 0 Å². The fourth-order valence-corrected chi connectivity index (χ4v) is 0.954. The van der Waals surface area contributed by atoms with Crippen LogP contribution in [-0.4, -0.2) is 11.9 Å². The van der Waals surface area contributed by atoms with Crippen LogP contribution in [0.3, 0.4) is 0 Å². The van der Waals surface area contributed by atoms with Crippen molar-refractivity contribution in [3.05, 3.63) is 35.9 Å². The van der Waals surface area contributed by atoms with Crippen LogP contribution in [0.4, 0.5) is 0 Å². The van der Waals surface area contributed by atoms with Gasteiger partial charge in [-0.1, -0.05) is 30.3 Å². The van der Waals surface area contributed by atoms with Gasteiger partial charge in [0.1, 0.15) is 0 Å². The number of nitrogens with zero attached hydrogens (tertiary/aromatic N) is 1. The minimum absolute atomic E-state index is 0.194. The maximum Gasteiger partial charge on any atom is 0.253 e. The van der Waals surface area contributed by atoms with Crippen LogP contribution in [-0.2, 0) is 11.2 Å². The van der Waals surface area contributed by atoms with Gasteiger partial charge < -0.3 is 11.5 Å². The summed E-state index contributed by atoms with van der Waals surface area (Å²) in [6.45, 7) is 0. The quantitative estimate of drug-likeness (QED) is 0.494. The van der Waals surface area contributed by atoms with Crippen LogP contribution in [0.25, 0.3) is 0 Å². The number of guanidine groups is 1. The highest BCUT2D eigenvalue weighted by molar-refractivity contribution is 5.92. The SMILES string of the molecule is NC(N)=NC(=O)Cc1ccccc1. The summed E-state index contributed by atoms with van der Waals surface area (Å²) in [5.41, 5.74) is 11.0. The van der Waals surface area contributed by atoms with Gasteiger partial charge in [-0.25, -0.2) is 0 Å². The third-order valence-electron chi connectivity index (χ3n) is 1.45. The van der Waals surface area contributed by atoms with Crippen LogP contribution in [0.2, 0.25) is 0 Å². The highest BCUT2D eigenvalue weighted by Crippen LogP contribution is 2.00. The lowest BCUT2D eigenvalue weighted by Crippen LogP contribution is -2.24. The number of rotatable bonds is 2. The van der Waals surface area contributed by atoms with E-state index in [-0.39, 0.29) is 18.3 Å². The zero-order chi connectivity index (χ0) is 9.68. The molecule has 0 aliphatic carbocycles. The number of amides is 1. The summed E-state index contributed by atoms with van der Waals surface area (Å²) in [5, 5.41) is 0. The summed E-state index contributed by atoms with van der Waals surface area (Å²) in [4.78, 5) is 14.5. The van der Waals surface area contributed by atoms with E-state index in [1.807, 2.05) is 30.3 Å². The molecule has 1 amide bonds. The number of aliphatic imine (C=N–C) groups is 1. The fourth-order valence-electron chi connectivity index (χ4n) is 0.954. The van der Waals surface area contributed by atoms with Gasteiger partial charge in [-0.2, -0.15) is 4.99 Å². The van der Waals surface area contributed by atoms with Crippen molar-refractivity contribution in [2.24, 2.45) is 16.5 Å². The van der Waals surface area contributed by atoms with Gasteiger partial charge in [0.2, 0.25) is 0 Å². The normalized spacial score (nSPS) is 9.23. The van der Waals surface area contributed by atoms with E-state index in [1.165, 1.54) is 0 Å². The van der Waals surface area contributed by atoms with E-state index < -0.39 is 0 Å². The molecule has 0 aromatic heterocycles. The molecule has 0 atom stereocenters. The van der Waals surface area contributed by atoms with Gasteiger partial charge in [0.15, 0.2) is 5.96 Å². The smallest absolute Gasteiger partial charge is 0.253 e. The van der Waals surface area contributed by atoms with Gasteiger partial charge in [-0.15, -0.1) is 0 Å². The van der Waals surface area contributed by atoms with E-state index >= 15 is 0 Å². The van der Waals surface area contributed by atoms with E-state index in [4.69, 9.17) is 11.5 Å². The Morgan fingerprint density at radius 2 is 1.85 bits per heavy atom. The summed E-state index contributed by atoms with van der Waals surface area (Å²) < 4.78 is 0. The first-order chi connectivity index (χ1) is 6.18. The second-order valence-electron chi connectivity index (χ2n) is 2.59. The van der Waals surface area contributed by atoms with E-state index in [1.54, 1.807) is 0 Å². The van der Waals surface area contributed by atoms with Crippen molar-refractivity contribution in [1.82, 2.24) is 0 Å². The average Bonchev–Trinajstić information content (AvgIpc) is 2.04. The first-order valence-corrected chi connectivity index (χ1v) is 3.85. The molecule has 0 spiro atoms. The van der Waals surface area contributed by atoms with E-state index in [0.717, 1.165) is 5.56 Å². The van der Waals surface area contributed by atoms with Gasteiger partial charge in [0.25, 0.3) is 5.91 Å². The Hall–Kier alpha value is -1.84. The number of hydrogen-bond acceptors (Lipinski definition) is 1. The summed E-state index contributed by atoms with van der Waals surface area (Å²) in [7, 11) is 0. The van der Waals surface area contributed by atoms with E-state index in [9.17, 15) is 4.79 Å². The Kier molecular flexibility index (Phi) is 3.03. The molecule has 1 aromatic carbocycles. The third-order valence-corrected chi connectivity index (χ3v) is 1.45. The molecule has 0 saturated heterocycles. The summed E-state index contributed by atoms with van der Waals surface area (Å²) in [6.07, 6.45) is 0.235. The van der Waals surface area contributed by atoms with Crippen LogP contribution < -0.4 is 11.5 Å². The molecular formula is C9H11N3O. The minimum atomic E-state index is -0.328. The van der Waals surface area contributed by atoms with Crippen LogP contribution in [0.5, 0.6) is 0 Å². The molecule has 68 valence electrons. The Morgan fingerprint density at radius 3 is 2.38 bits per heavy atom. The summed E-state index contributed by atoms with van der Waals surface area (Å²) in [6, 6.07) is 9.30. The number of hydrogen-bond donors (Lipinski definition) is 2. The van der Waals surface area contributed by atoms with Gasteiger partial charge >= 0.3 is 0 Å². The monoisotopic (exact) mass is 177 g/mol.